The first-order chi connectivity index (χ1) is 7.75. The molecule has 2 nitrogen and oxygen atoms in total. The minimum atomic E-state index is 0.0414. The molecule has 0 aliphatic heterocycles. The van der Waals surface area contributed by atoms with Crippen molar-refractivity contribution in [2.24, 2.45) is 0 Å². The molecule has 1 aliphatic carbocycles. The summed E-state index contributed by atoms with van der Waals surface area (Å²) >= 11 is 1.67. The number of amides is 1. The van der Waals surface area contributed by atoms with Gasteiger partial charge in [-0.2, -0.15) is 0 Å². The van der Waals surface area contributed by atoms with Crippen molar-refractivity contribution in [1.29, 1.82) is 0 Å². The fraction of sp³-hybridized carbons (Fsp3) is 0.462. The van der Waals surface area contributed by atoms with E-state index in [1.165, 1.54) is 23.3 Å². The summed E-state index contributed by atoms with van der Waals surface area (Å²) in [5, 5.41) is 5.09. The van der Waals surface area contributed by atoms with Gasteiger partial charge in [0.1, 0.15) is 0 Å². The summed E-state index contributed by atoms with van der Waals surface area (Å²) in [4.78, 5) is 12.8. The Morgan fingerprint density at radius 3 is 2.88 bits per heavy atom. The molecular weight excluding hydrogens is 218 g/mol. The van der Waals surface area contributed by atoms with Crippen molar-refractivity contribution in [1.82, 2.24) is 5.32 Å². The van der Waals surface area contributed by atoms with E-state index in [-0.39, 0.29) is 5.91 Å². The highest BCUT2D eigenvalue weighted by Gasteiger charge is 2.15. The second-order valence-electron chi connectivity index (χ2n) is 4.29. The third-order valence-corrected chi connectivity index (χ3v) is 3.97. The van der Waals surface area contributed by atoms with E-state index in [1.807, 2.05) is 11.5 Å². The maximum atomic E-state index is 11.6. The van der Waals surface area contributed by atoms with Crippen LogP contribution in [0.15, 0.2) is 17.5 Å². The van der Waals surface area contributed by atoms with Gasteiger partial charge in [0.05, 0.1) is 0 Å². The van der Waals surface area contributed by atoms with E-state index in [9.17, 15) is 4.79 Å². The Morgan fingerprint density at radius 2 is 2.25 bits per heavy atom. The predicted molar refractivity (Wildman–Crippen MR) is 68.5 cm³/mol. The molecule has 1 aromatic rings. The first kappa shape index (κ1) is 11.4. The molecule has 1 fully saturated rings. The summed E-state index contributed by atoms with van der Waals surface area (Å²) in [6.45, 7) is 2.06. The van der Waals surface area contributed by atoms with Crippen LogP contribution in [-0.2, 0) is 4.79 Å². The highest BCUT2D eigenvalue weighted by Crippen LogP contribution is 2.18. The molecular formula is C13H17NOS. The monoisotopic (exact) mass is 235 g/mol. The normalized spacial score (nSPS) is 17.1. The van der Waals surface area contributed by atoms with Crippen molar-refractivity contribution in [2.45, 2.75) is 38.6 Å². The summed E-state index contributed by atoms with van der Waals surface area (Å²) in [7, 11) is 0. The van der Waals surface area contributed by atoms with Crippen LogP contribution in [0.2, 0.25) is 0 Å². The average Bonchev–Trinajstić information content (AvgIpc) is 2.87. The predicted octanol–water partition coefficient (Wildman–Crippen LogP) is 3.13. The average molecular weight is 235 g/mol. The van der Waals surface area contributed by atoms with Crippen molar-refractivity contribution < 1.29 is 4.79 Å². The second-order valence-corrected chi connectivity index (χ2v) is 5.24. The molecule has 1 amide bonds. The number of nitrogens with one attached hydrogen (secondary N) is 1. The van der Waals surface area contributed by atoms with Crippen molar-refractivity contribution in [2.75, 3.05) is 0 Å². The number of aryl methyl sites for hydroxylation is 1. The fourth-order valence-electron chi connectivity index (χ4n) is 2.03. The lowest BCUT2D eigenvalue weighted by molar-refractivity contribution is -0.117. The molecule has 86 valence electrons. The molecule has 0 radical (unpaired) electrons. The van der Waals surface area contributed by atoms with Crippen LogP contribution in [0.25, 0.3) is 6.08 Å². The number of carbonyl (C=O) groups is 1. The van der Waals surface area contributed by atoms with Crippen LogP contribution in [0.4, 0.5) is 0 Å². The Morgan fingerprint density at radius 1 is 1.50 bits per heavy atom. The molecule has 1 aliphatic rings. The minimum absolute atomic E-state index is 0.0414. The third kappa shape index (κ3) is 2.95. The molecule has 16 heavy (non-hydrogen) atoms. The van der Waals surface area contributed by atoms with Crippen LogP contribution in [0.5, 0.6) is 0 Å². The number of thiophene rings is 1. The second kappa shape index (κ2) is 5.30. The van der Waals surface area contributed by atoms with E-state index in [4.69, 9.17) is 0 Å². The number of carbonyl (C=O) groups excluding carboxylic acids is 1. The van der Waals surface area contributed by atoms with Gasteiger partial charge in [-0.15, -0.1) is 11.3 Å². The molecule has 3 heteroatoms. The molecule has 0 aromatic carbocycles. The van der Waals surface area contributed by atoms with Crippen LogP contribution < -0.4 is 5.32 Å². The van der Waals surface area contributed by atoms with Crippen LogP contribution in [0, 0.1) is 6.92 Å². The minimum Gasteiger partial charge on any atom is -0.350 e. The van der Waals surface area contributed by atoms with Crippen molar-refractivity contribution in [3.63, 3.8) is 0 Å². The highest BCUT2D eigenvalue weighted by atomic mass is 32.1. The van der Waals surface area contributed by atoms with E-state index < -0.39 is 0 Å². The highest BCUT2D eigenvalue weighted by molar-refractivity contribution is 7.11. The Kier molecular flexibility index (Phi) is 3.78. The molecule has 0 bridgehead atoms. The van der Waals surface area contributed by atoms with Gasteiger partial charge in [-0.25, -0.2) is 0 Å². The number of hydrogen-bond donors (Lipinski definition) is 1. The van der Waals surface area contributed by atoms with E-state index >= 15 is 0 Å². The largest absolute Gasteiger partial charge is 0.350 e. The summed E-state index contributed by atoms with van der Waals surface area (Å²) < 4.78 is 0. The van der Waals surface area contributed by atoms with E-state index in [0.29, 0.717) is 6.04 Å². The lowest BCUT2D eigenvalue weighted by atomic mass is 10.2. The molecule has 1 aromatic heterocycles. The third-order valence-electron chi connectivity index (χ3n) is 2.99. The van der Waals surface area contributed by atoms with Gasteiger partial charge in [0.15, 0.2) is 0 Å². The molecule has 0 unspecified atom stereocenters. The summed E-state index contributed by atoms with van der Waals surface area (Å²) in [5.41, 5.74) is 1.23. The summed E-state index contributed by atoms with van der Waals surface area (Å²) in [6, 6.07) is 2.47. The fourth-order valence-corrected chi connectivity index (χ4v) is 2.85. The van der Waals surface area contributed by atoms with Gasteiger partial charge in [-0.1, -0.05) is 12.8 Å². The molecule has 0 saturated heterocycles. The van der Waals surface area contributed by atoms with Crippen LogP contribution in [0.1, 0.15) is 36.1 Å². The maximum absolute atomic E-state index is 11.6. The van der Waals surface area contributed by atoms with Crippen molar-refractivity contribution in [3.8, 4) is 0 Å². The maximum Gasteiger partial charge on any atom is 0.244 e. The zero-order valence-corrected chi connectivity index (χ0v) is 10.3. The topological polar surface area (TPSA) is 29.1 Å². The molecule has 0 spiro atoms. The number of rotatable bonds is 3. The first-order valence-electron chi connectivity index (χ1n) is 5.78. The molecule has 1 heterocycles. The zero-order valence-electron chi connectivity index (χ0n) is 9.53. The van der Waals surface area contributed by atoms with E-state index in [2.05, 4.69) is 18.3 Å². The van der Waals surface area contributed by atoms with Gasteiger partial charge in [0, 0.05) is 17.0 Å². The summed E-state index contributed by atoms with van der Waals surface area (Å²) in [6.07, 6.45) is 8.33. The van der Waals surface area contributed by atoms with Gasteiger partial charge in [-0.05, 0) is 42.9 Å². The van der Waals surface area contributed by atoms with Gasteiger partial charge < -0.3 is 5.32 Å². The molecule has 2 rings (SSSR count). The SMILES string of the molecule is Cc1ccsc1/C=C/C(=O)NC1CCCC1. The van der Waals surface area contributed by atoms with Crippen LogP contribution in [0.3, 0.4) is 0 Å². The van der Waals surface area contributed by atoms with Gasteiger partial charge in [-0.3, -0.25) is 4.79 Å². The Balaban J connectivity index is 1.87. The van der Waals surface area contributed by atoms with Gasteiger partial charge in [0.25, 0.3) is 0 Å². The summed E-state index contributed by atoms with van der Waals surface area (Å²) in [5.74, 6) is 0.0414. The standard InChI is InChI=1S/C13H17NOS/c1-10-8-9-16-12(10)6-7-13(15)14-11-4-2-3-5-11/h6-9,11H,2-5H2,1H3,(H,14,15)/b7-6+. The Hall–Kier alpha value is -1.09. The Labute approximate surface area is 100 Å². The molecule has 1 saturated carbocycles. The quantitative estimate of drug-likeness (QED) is 0.801. The van der Waals surface area contributed by atoms with Crippen LogP contribution >= 0.6 is 11.3 Å². The van der Waals surface area contributed by atoms with E-state index in [0.717, 1.165) is 12.8 Å². The van der Waals surface area contributed by atoms with Crippen molar-refractivity contribution in [3.05, 3.63) is 28.0 Å². The smallest absolute Gasteiger partial charge is 0.244 e. The Bertz CT molecular complexity index is 388. The first-order valence-corrected chi connectivity index (χ1v) is 6.66. The molecule has 0 atom stereocenters. The zero-order chi connectivity index (χ0) is 11.4. The van der Waals surface area contributed by atoms with E-state index in [1.54, 1.807) is 17.4 Å². The van der Waals surface area contributed by atoms with Gasteiger partial charge >= 0.3 is 0 Å². The molecule has 1 N–H and O–H groups in total. The van der Waals surface area contributed by atoms with Crippen LogP contribution in [-0.4, -0.2) is 11.9 Å². The lowest BCUT2D eigenvalue weighted by Crippen LogP contribution is -2.30. The number of hydrogen-bond acceptors (Lipinski definition) is 2. The van der Waals surface area contributed by atoms with Crippen molar-refractivity contribution >= 4 is 23.3 Å². The van der Waals surface area contributed by atoms with Gasteiger partial charge in [0.2, 0.25) is 5.91 Å². The lowest BCUT2D eigenvalue weighted by Gasteiger charge is -2.08.